The van der Waals surface area contributed by atoms with Gasteiger partial charge < -0.3 is 10.2 Å². The summed E-state index contributed by atoms with van der Waals surface area (Å²) in [6.07, 6.45) is 1.63. The molecule has 3 rings (SSSR count). The number of amides is 2. The lowest BCUT2D eigenvalue weighted by molar-refractivity contribution is -0.121. The number of carbonyl (C=O) groups excluding carboxylic acids is 2. The SMILES string of the molecule is Cc1nnc(NC(=O)[C@@H]2CCCN(C(=O)c3cccs3)C2)s1. The third kappa shape index (κ3) is 3.33. The number of likely N-dealkylation sites (tertiary alicyclic amines) is 1. The highest BCUT2D eigenvalue weighted by atomic mass is 32.1. The van der Waals surface area contributed by atoms with E-state index in [9.17, 15) is 9.59 Å². The fourth-order valence-electron chi connectivity index (χ4n) is 2.49. The van der Waals surface area contributed by atoms with Gasteiger partial charge in [0.15, 0.2) is 0 Å². The molecule has 0 saturated carbocycles. The largest absolute Gasteiger partial charge is 0.337 e. The Morgan fingerprint density at radius 2 is 2.27 bits per heavy atom. The van der Waals surface area contributed by atoms with Crippen LogP contribution in [0.3, 0.4) is 0 Å². The molecule has 0 bridgehead atoms. The van der Waals surface area contributed by atoms with Gasteiger partial charge in [-0.1, -0.05) is 17.4 Å². The van der Waals surface area contributed by atoms with Gasteiger partial charge in [0.25, 0.3) is 5.91 Å². The number of aryl methyl sites for hydroxylation is 1. The number of carbonyl (C=O) groups is 2. The predicted octanol–water partition coefficient (Wildman–Crippen LogP) is 2.40. The summed E-state index contributed by atoms with van der Waals surface area (Å²) in [6, 6.07) is 3.69. The fraction of sp³-hybridized carbons (Fsp3) is 0.429. The average molecular weight is 336 g/mol. The zero-order chi connectivity index (χ0) is 15.5. The maximum Gasteiger partial charge on any atom is 0.263 e. The lowest BCUT2D eigenvalue weighted by atomic mass is 9.97. The Bertz CT molecular complexity index is 668. The number of thiophene rings is 1. The van der Waals surface area contributed by atoms with E-state index in [0.717, 1.165) is 22.7 Å². The zero-order valence-corrected chi connectivity index (χ0v) is 13.7. The van der Waals surface area contributed by atoms with Gasteiger partial charge in [0, 0.05) is 13.1 Å². The van der Waals surface area contributed by atoms with E-state index < -0.39 is 0 Å². The molecule has 3 heterocycles. The van der Waals surface area contributed by atoms with E-state index in [2.05, 4.69) is 15.5 Å². The van der Waals surface area contributed by atoms with E-state index in [-0.39, 0.29) is 17.7 Å². The van der Waals surface area contributed by atoms with Crippen LogP contribution in [0.25, 0.3) is 0 Å². The normalized spacial score (nSPS) is 18.2. The van der Waals surface area contributed by atoms with Crippen molar-refractivity contribution in [1.82, 2.24) is 15.1 Å². The molecule has 1 atom stereocenters. The van der Waals surface area contributed by atoms with Crippen LogP contribution >= 0.6 is 22.7 Å². The standard InChI is InChI=1S/C14H16N4O2S2/c1-9-16-17-14(22-9)15-12(19)10-4-2-6-18(8-10)13(20)11-5-3-7-21-11/h3,5,7,10H,2,4,6,8H2,1H3,(H,15,17,19)/t10-/m1/s1. The van der Waals surface area contributed by atoms with Gasteiger partial charge in [0.05, 0.1) is 10.8 Å². The molecule has 0 unspecified atom stereocenters. The Labute approximate surface area is 136 Å². The summed E-state index contributed by atoms with van der Waals surface area (Å²) in [4.78, 5) is 27.2. The number of hydrogen-bond acceptors (Lipinski definition) is 6. The number of anilines is 1. The topological polar surface area (TPSA) is 75.2 Å². The van der Waals surface area contributed by atoms with Crippen molar-refractivity contribution in [3.05, 3.63) is 27.4 Å². The fourth-order valence-corrected chi connectivity index (χ4v) is 3.77. The number of piperidine rings is 1. The van der Waals surface area contributed by atoms with Crippen LogP contribution in [0.5, 0.6) is 0 Å². The minimum Gasteiger partial charge on any atom is -0.337 e. The van der Waals surface area contributed by atoms with Gasteiger partial charge in [-0.25, -0.2) is 0 Å². The molecular formula is C14H16N4O2S2. The summed E-state index contributed by atoms with van der Waals surface area (Å²) in [5.41, 5.74) is 0. The second kappa shape index (κ2) is 6.53. The Kier molecular flexibility index (Phi) is 4.49. The molecule has 6 nitrogen and oxygen atoms in total. The Morgan fingerprint density at radius 3 is 2.95 bits per heavy atom. The van der Waals surface area contributed by atoms with Crippen molar-refractivity contribution in [3.63, 3.8) is 0 Å². The van der Waals surface area contributed by atoms with Gasteiger partial charge in [-0.2, -0.15) is 0 Å². The van der Waals surface area contributed by atoms with Crippen molar-refractivity contribution in [1.29, 1.82) is 0 Å². The van der Waals surface area contributed by atoms with Crippen LogP contribution in [0.1, 0.15) is 27.5 Å². The van der Waals surface area contributed by atoms with Crippen molar-refractivity contribution in [2.45, 2.75) is 19.8 Å². The first-order chi connectivity index (χ1) is 10.6. The summed E-state index contributed by atoms with van der Waals surface area (Å²) in [6.45, 7) is 3.01. The van der Waals surface area contributed by atoms with E-state index >= 15 is 0 Å². The van der Waals surface area contributed by atoms with E-state index in [4.69, 9.17) is 0 Å². The van der Waals surface area contributed by atoms with Gasteiger partial charge in [-0.3, -0.25) is 9.59 Å². The molecule has 2 aromatic rings. The summed E-state index contributed by atoms with van der Waals surface area (Å²) < 4.78 is 0. The number of nitrogens with zero attached hydrogens (tertiary/aromatic N) is 3. The van der Waals surface area contributed by atoms with Gasteiger partial charge >= 0.3 is 0 Å². The van der Waals surface area contributed by atoms with Crippen molar-refractivity contribution < 1.29 is 9.59 Å². The molecule has 22 heavy (non-hydrogen) atoms. The van der Waals surface area contributed by atoms with Crippen LogP contribution in [0.2, 0.25) is 0 Å². The van der Waals surface area contributed by atoms with Gasteiger partial charge in [-0.15, -0.1) is 21.5 Å². The maximum atomic E-state index is 12.4. The third-order valence-corrected chi connectivity index (χ3v) is 5.18. The lowest BCUT2D eigenvalue weighted by Gasteiger charge is -2.31. The number of nitrogens with one attached hydrogen (secondary N) is 1. The molecule has 0 radical (unpaired) electrons. The highest BCUT2D eigenvalue weighted by Crippen LogP contribution is 2.22. The van der Waals surface area contributed by atoms with Crippen LogP contribution < -0.4 is 5.32 Å². The summed E-state index contributed by atoms with van der Waals surface area (Å²) in [5.74, 6) is -0.263. The molecule has 0 spiro atoms. The molecule has 1 N–H and O–H groups in total. The molecule has 116 valence electrons. The maximum absolute atomic E-state index is 12.4. The predicted molar refractivity (Wildman–Crippen MR) is 86.2 cm³/mol. The van der Waals surface area contributed by atoms with Gasteiger partial charge in [-0.05, 0) is 31.2 Å². The van der Waals surface area contributed by atoms with Crippen molar-refractivity contribution >= 4 is 39.6 Å². The molecule has 1 fully saturated rings. The Hall–Kier alpha value is -1.80. The van der Waals surface area contributed by atoms with Crippen molar-refractivity contribution in [3.8, 4) is 0 Å². The molecular weight excluding hydrogens is 320 g/mol. The van der Waals surface area contributed by atoms with Crippen LogP contribution in [0, 0.1) is 12.8 Å². The second-order valence-corrected chi connectivity index (χ2v) is 7.31. The molecule has 2 amide bonds. The van der Waals surface area contributed by atoms with E-state index in [1.165, 1.54) is 22.7 Å². The van der Waals surface area contributed by atoms with Gasteiger partial charge in [0.2, 0.25) is 11.0 Å². The highest BCUT2D eigenvalue weighted by molar-refractivity contribution is 7.15. The molecule has 1 aliphatic heterocycles. The van der Waals surface area contributed by atoms with Crippen LogP contribution in [-0.2, 0) is 4.79 Å². The summed E-state index contributed by atoms with van der Waals surface area (Å²) in [7, 11) is 0. The number of hydrogen-bond donors (Lipinski definition) is 1. The van der Waals surface area contributed by atoms with Crippen LogP contribution in [0.4, 0.5) is 5.13 Å². The molecule has 8 heteroatoms. The van der Waals surface area contributed by atoms with Gasteiger partial charge in [0.1, 0.15) is 5.01 Å². The molecule has 0 aromatic carbocycles. The first-order valence-corrected chi connectivity index (χ1v) is 8.77. The lowest BCUT2D eigenvalue weighted by Crippen LogP contribution is -2.43. The quantitative estimate of drug-likeness (QED) is 0.934. The molecule has 2 aromatic heterocycles. The molecule has 0 aliphatic carbocycles. The van der Waals surface area contributed by atoms with Crippen LogP contribution in [0.15, 0.2) is 17.5 Å². The molecule has 1 saturated heterocycles. The minimum atomic E-state index is -0.193. The first kappa shape index (κ1) is 15.1. The Morgan fingerprint density at radius 1 is 1.41 bits per heavy atom. The number of rotatable bonds is 3. The monoisotopic (exact) mass is 336 g/mol. The van der Waals surface area contributed by atoms with Crippen molar-refractivity contribution in [2.75, 3.05) is 18.4 Å². The third-order valence-electron chi connectivity index (χ3n) is 3.57. The van der Waals surface area contributed by atoms with E-state index in [1.54, 1.807) is 4.90 Å². The highest BCUT2D eigenvalue weighted by Gasteiger charge is 2.29. The summed E-state index contributed by atoms with van der Waals surface area (Å²) >= 11 is 2.78. The summed E-state index contributed by atoms with van der Waals surface area (Å²) in [5, 5.41) is 13.8. The van der Waals surface area contributed by atoms with E-state index in [0.29, 0.717) is 18.2 Å². The number of aromatic nitrogens is 2. The average Bonchev–Trinajstić information content (AvgIpc) is 3.18. The second-order valence-electron chi connectivity index (χ2n) is 5.18. The minimum absolute atomic E-state index is 0.0132. The van der Waals surface area contributed by atoms with Crippen LogP contribution in [-0.4, -0.2) is 40.0 Å². The first-order valence-electron chi connectivity index (χ1n) is 7.07. The Balaban J connectivity index is 1.62. The smallest absolute Gasteiger partial charge is 0.263 e. The molecule has 1 aliphatic rings. The van der Waals surface area contributed by atoms with E-state index in [1.807, 2.05) is 24.4 Å². The zero-order valence-electron chi connectivity index (χ0n) is 12.1. The van der Waals surface area contributed by atoms with Crippen molar-refractivity contribution in [2.24, 2.45) is 5.92 Å².